The minimum absolute atomic E-state index is 0.152. The lowest BCUT2D eigenvalue weighted by molar-refractivity contribution is 0.0544. The number of nitrogens with zero attached hydrogens (tertiary/aromatic N) is 4. The molecule has 3 aromatic carbocycles. The minimum atomic E-state index is -0.585. The number of nitrogens with one attached hydrogen (secondary N) is 1. The van der Waals surface area contributed by atoms with Crippen molar-refractivity contribution < 1.29 is 23.9 Å². The van der Waals surface area contributed by atoms with Crippen LogP contribution in [0.4, 0.5) is 4.39 Å². The van der Waals surface area contributed by atoms with Crippen LogP contribution in [0, 0.1) is 12.7 Å². The first kappa shape index (κ1) is 34.5. The molecule has 9 nitrogen and oxygen atoms in total. The van der Waals surface area contributed by atoms with E-state index in [9.17, 15) is 23.9 Å². The van der Waals surface area contributed by atoms with Gasteiger partial charge in [-0.1, -0.05) is 57.0 Å². The Morgan fingerprint density at radius 3 is 2.33 bits per heavy atom. The molecule has 10 heteroatoms. The molecule has 3 amide bonds. The highest BCUT2D eigenvalue weighted by Crippen LogP contribution is 2.31. The lowest BCUT2D eigenvalue weighted by atomic mass is 9.93. The maximum atomic E-state index is 14.8. The number of aryl methyl sites for hydroxylation is 1. The van der Waals surface area contributed by atoms with Gasteiger partial charge in [0, 0.05) is 37.9 Å². The van der Waals surface area contributed by atoms with E-state index in [4.69, 9.17) is 5.10 Å². The van der Waals surface area contributed by atoms with Crippen molar-refractivity contribution in [2.45, 2.75) is 65.5 Å². The Morgan fingerprint density at radius 2 is 1.67 bits per heavy atom. The first-order valence-corrected chi connectivity index (χ1v) is 16.7. The molecule has 4 aromatic rings. The molecule has 0 aliphatic carbocycles. The average molecular weight is 654 g/mol. The van der Waals surface area contributed by atoms with Gasteiger partial charge < -0.3 is 20.2 Å². The number of aliphatic hydroxyl groups is 1. The third-order valence-electron chi connectivity index (χ3n) is 8.96. The van der Waals surface area contributed by atoms with Crippen molar-refractivity contribution in [3.8, 4) is 16.8 Å². The number of hydrogen-bond acceptors (Lipinski definition) is 5. The van der Waals surface area contributed by atoms with E-state index in [1.165, 1.54) is 13.1 Å². The van der Waals surface area contributed by atoms with Crippen molar-refractivity contribution in [2.24, 2.45) is 0 Å². The molecule has 2 heterocycles. The van der Waals surface area contributed by atoms with Gasteiger partial charge in [0.1, 0.15) is 5.82 Å². The van der Waals surface area contributed by atoms with Crippen molar-refractivity contribution in [1.82, 2.24) is 24.9 Å². The van der Waals surface area contributed by atoms with Gasteiger partial charge in [-0.25, -0.2) is 9.07 Å². The molecule has 48 heavy (non-hydrogen) atoms. The normalized spacial score (nSPS) is 14.0. The number of carbonyl (C=O) groups excluding carboxylic acids is 3. The van der Waals surface area contributed by atoms with Crippen molar-refractivity contribution in [2.75, 3.05) is 26.7 Å². The fourth-order valence-electron chi connectivity index (χ4n) is 6.24. The first-order chi connectivity index (χ1) is 23.2. The fourth-order valence-corrected chi connectivity index (χ4v) is 6.24. The maximum absolute atomic E-state index is 14.8. The number of carbonyl (C=O) groups is 3. The molecule has 252 valence electrons. The van der Waals surface area contributed by atoms with Gasteiger partial charge in [-0.3, -0.25) is 14.4 Å². The van der Waals surface area contributed by atoms with E-state index in [1.54, 1.807) is 39.9 Å². The number of unbranched alkanes of at least 4 members (excludes halogenated alkanes) is 2. The monoisotopic (exact) mass is 653 g/mol. The lowest BCUT2D eigenvalue weighted by Crippen LogP contribution is -2.46. The Morgan fingerprint density at radius 1 is 0.958 bits per heavy atom. The molecule has 1 atom stereocenters. The van der Waals surface area contributed by atoms with Gasteiger partial charge in [-0.2, -0.15) is 5.10 Å². The Bertz CT molecular complexity index is 1790. The second-order valence-electron chi connectivity index (χ2n) is 12.4. The summed E-state index contributed by atoms with van der Waals surface area (Å²) in [6, 6.07) is 18.4. The highest BCUT2D eigenvalue weighted by molar-refractivity contribution is 6.00. The molecule has 0 unspecified atom stereocenters. The third kappa shape index (κ3) is 7.33. The van der Waals surface area contributed by atoms with E-state index >= 15 is 0 Å². The summed E-state index contributed by atoms with van der Waals surface area (Å²) < 4.78 is 16.4. The molecule has 0 bridgehead atoms. The van der Waals surface area contributed by atoms with Crippen LogP contribution in [0.3, 0.4) is 0 Å². The number of fused-ring (bicyclic) bond motifs is 1. The van der Waals surface area contributed by atoms with Crippen LogP contribution in [0.5, 0.6) is 0 Å². The summed E-state index contributed by atoms with van der Waals surface area (Å²) in [5.74, 6) is -1.51. The number of rotatable bonds is 12. The van der Waals surface area contributed by atoms with E-state index in [0.29, 0.717) is 54.3 Å². The van der Waals surface area contributed by atoms with Crippen LogP contribution in [0.15, 0.2) is 66.7 Å². The molecular formula is C38H44FN5O4. The molecule has 0 radical (unpaired) electrons. The Hall–Kier alpha value is -4.83. The molecule has 0 saturated carbocycles. The van der Waals surface area contributed by atoms with Crippen LogP contribution in [0.1, 0.15) is 87.6 Å². The molecule has 1 aliphatic rings. The average Bonchev–Trinajstić information content (AvgIpc) is 3.50. The Kier molecular flexibility index (Phi) is 11.1. The Balaban J connectivity index is 1.62. The van der Waals surface area contributed by atoms with E-state index in [1.807, 2.05) is 36.1 Å². The zero-order chi connectivity index (χ0) is 34.4. The second-order valence-corrected chi connectivity index (χ2v) is 12.4. The van der Waals surface area contributed by atoms with Crippen LogP contribution in [0.25, 0.3) is 16.8 Å². The number of benzene rings is 3. The zero-order valence-electron chi connectivity index (χ0n) is 28.1. The van der Waals surface area contributed by atoms with Crippen LogP contribution in [0.2, 0.25) is 0 Å². The summed E-state index contributed by atoms with van der Waals surface area (Å²) in [7, 11) is 1.48. The fraction of sp³-hybridized carbons (Fsp3) is 0.368. The van der Waals surface area contributed by atoms with Gasteiger partial charge >= 0.3 is 0 Å². The summed E-state index contributed by atoms with van der Waals surface area (Å²) in [6.45, 7) is 7.39. The van der Waals surface area contributed by atoms with Crippen LogP contribution in [-0.4, -0.2) is 75.2 Å². The number of amides is 3. The largest absolute Gasteiger partial charge is 0.394 e. The maximum Gasteiger partial charge on any atom is 0.274 e. The van der Waals surface area contributed by atoms with E-state index < -0.39 is 17.8 Å². The van der Waals surface area contributed by atoms with Crippen LogP contribution in [-0.2, 0) is 13.0 Å². The third-order valence-corrected chi connectivity index (χ3v) is 8.96. The summed E-state index contributed by atoms with van der Waals surface area (Å²) in [4.78, 5) is 44.2. The molecule has 1 aromatic heterocycles. The van der Waals surface area contributed by atoms with Crippen molar-refractivity contribution in [3.63, 3.8) is 0 Å². The molecule has 1 aliphatic heterocycles. The molecule has 0 saturated heterocycles. The molecular weight excluding hydrogens is 609 g/mol. The summed E-state index contributed by atoms with van der Waals surface area (Å²) in [5.41, 5.74) is 4.86. The predicted molar refractivity (Wildman–Crippen MR) is 184 cm³/mol. The molecule has 5 rings (SSSR count). The van der Waals surface area contributed by atoms with Crippen LogP contribution >= 0.6 is 0 Å². The van der Waals surface area contributed by atoms with Gasteiger partial charge in [0.15, 0.2) is 5.69 Å². The first-order valence-electron chi connectivity index (χ1n) is 16.7. The Labute approximate surface area is 281 Å². The van der Waals surface area contributed by atoms with Gasteiger partial charge in [0.25, 0.3) is 17.7 Å². The van der Waals surface area contributed by atoms with Crippen molar-refractivity contribution in [3.05, 3.63) is 106 Å². The van der Waals surface area contributed by atoms with E-state index in [0.717, 1.165) is 42.9 Å². The van der Waals surface area contributed by atoms with Crippen LogP contribution < -0.4 is 5.32 Å². The lowest BCUT2D eigenvalue weighted by Gasteiger charge is -2.36. The van der Waals surface area contributed by atoms with Gasteiger partial charge in [0.05, 0.1) is 23.9 Å². The van der Waals surface area contributed by atoms with E-state index in [-0.39, 0.29) is 29.5 Å². The number of aliphatic hydroxyl groups excluding tert-OH is 1. The highest BCUT2D eigenvalue weighted by Gasteiger charge is 2.32. The molecule has 0 fully saturated rings. The number of aromatic nitrogens is 2. The van der Waals surface area contributed by atoms with Gasteiger partial charge in [0.2, 0.25) is 0 Å². The highest BCUT2D eigenvalue weighted by atomic mass is 19.1. The predicted octanol–water partition coefficient (Wildman–Crippen LogP) is 5.95. The van der Waals surface area contributed by atoms with E-state index in [2.05, 4.69) is 19.2 Å². The molecule has 0 spiro atoms. The number of halogens is 1. The number of hydrogen-bond donors (Lipinski definition) is 2. The van der Waals surface area contributed by atoms with Crippen molar-refractivity contribution in [1.29, 1.82) is 0 Å². The van der Waals surface area contributed by atoms with Crippen molar-refractivity contribution >= 4 is 17.7 Å². The summed E-state index contributed by atoms with van der Waals surface area (Å²) in [5, 5.41) is 17.7. The smallest absolute Gasteiger partial charge is 0.274 e. The topological polar surface area (TPSA) is 108 Å². The van der Waals surface area contributed by atoms with Gasteiger partial charge in [-0.15, -0.1) is 0 Å². The SMILES string of the molecule is CCCCN(CCCC)C(=O)c1cc(C)n(-c2ccc(-c3cc(F)cc(C(=O)NC)c3)cc2C(=O)N2Cc3ccccc3C[C@H]2CO)n1. The summed E-state index contributed by atoms with van der Waals surface area (Å²) >= 11 is 0. The second kappa shape index (κ2) is 15.4. The molecule has 2 N–H and O–H groups in total. The van der Waals surface area contributed by atoms with Gasteiger partial charge in [-0.05, 0) is 84.8 Å². The standard InChI is InChI=1S/C38H44FN5O4/c1-5-7-15-42(16-8-6-2)38(48)34-17-25(3)44(41-34)35-14-13-27(29-18-30(36(46)40-4)20-31(39)19-29)22-33(35)37(47)43-23-28-12-10-9-11-26(28)21-32(43)24-45/h9-14,17-20,22,32,45H,5-8,15-16,21,23-24H2,1-4H3,(H,40,46)/t32-/m0/s1. The summed E-state index contributed by atoms with van der Waals surface area (Å²) in [6.07, 6.45) is 4.21. The minimum Gasteiger partial charge on any atom is -0.394 e. The zero-order valence-corrected chi connectivity index (χ0v) is 28.1. The quantitative estimate of drug-likeness (QED) is 0.197.